The molecule has 1 amide bonds. The molecule has 49 heavy (non-hydrogen) atoms. The van der Waals surface area contributed by atoms with E-state index in [9.17, 15) is 10.1 Å². The van der Waals surface area contributed by atoms with Gasteiger partial charge in [-0.2, -0.15) is 15.2 Å². The molecule has 0 saturated carbocycles. The summed E-state index contributed by atoms with van der Waals surface area (Å²) in [6.45, 7) is 18.1. The van der Waals surface area contributed by atoms with E-state index in [1.165, 1.54) is 22.0 Å². The predicted molar refractivity (Wildman–Crippen MR) is 191 cm³/mol. The van der Waals surface area contributed by atoms with Crippen molar-refractivity contribution >= 4 is 28.4 Å². The average Bonchev–Trinajstić information content (AvgIpc) is 3.06. The highest BCUT2D eigenvalue weighted by Gasteiger charge is 2.36. The number of ether oxygens (including phenoxy) is 3. The number of piperazine rings is 1. The number of carbonyl (C=O) groups excluding carboxylic acids is 1. The van der Waals surface area contributed by atoms with Crippen molar-refractivity contribution in [1.82, 2.24) is 19.8 Å². The van der Waals surface area contributed by atoms with Gasteiger partial charge < -0.3 is 28.9 Å². The highest BCUT2D eigenvalue weighted by molar-refractivity contribution is 5.95. The van der Waals surface area contributed by atoms with E-state index in [-0.39, 0.29) is 24.7 Å². The van der Waals surface area contributed by atoms with Crippen molar-refractivity contribution in [3.63, 3.8) is 0 Å². The van der Waals surface area contributed by atoms with Crippen molar-refractivity contribution in [2.24, 2.45) is 0 Å². The molecule has 0 N–H and O–H groups in total. The van der Waals surface area contributed by atoms with Gasteiger partial charge in [0, 0.05) is 61.9 Å². The van der Waals surface area contributed by atoms with Crippen LogP contribution in [0.25, 0.3) is 10.8 Å². The van der Waals surface area contributed by atoms with Crippen LogP contribution in [0.2, 0.25) is 0 Å². The Balaban J connectivity index is 1.26. The molecule has 3 aliphatic heterocycles. The minimum Gasteiger partial charge on any atom is -0.463 e. The molecule has 0 bridgehead atoms. The fourth-order valence-electron chi connectivity index (χ4n) is 7.22. The molecule has 11 nitrogen and oxygen atoms in total. The maximum Gasteiger partial charge on any atom is 0.410 e. The monoisotopic (exact) mass is 669 g/mol. The number of anilines is 2. The second-order valence-corrected chi connectivity index (χ2v) is 14.8. The molecule has 3 aromatic rings. The molecule has 0 spiro atoms. The highest BCUT2D eigenvalue weighted by Crippen LogP contribution is 2.35. The average molecular weight is 670 g/mol. The zero-order valence-corrected chi connectivity index (χ0v) is 29.9. The molecular weight excluding hydrogens is 618 g/mol. The Morgan fingerprint density at radius 1 is 1.08 bits per heavy atom. The Morgan fingerprint density at radius 3 is 2.69 bits per heavy atom. The number of nitriles is 1. The van der Waals surface area contributed by atoms with E-state index < -0.39 is 5.60 Å². The predicted octanol–water partition coefficient (Wildman–Crippen LogP) is 5.72. The van der Waals surface area contributed by atoms with Crippen LogP contribution in [0.15, 0.2) is 36.4 Å². The molecule has 1 aromatic heterocycles. The highest BCUT2D eigenvalue weighted by atomic mass is 16.6. The topological polar surface area (TPSA) is 107 Å². The van der Waals surface area contributed by atoms with Crippen molar-refractivity contribution in [3.8, 4) is 12.1 Å². The number of benzene rings is 2. The summed E-state index contributed by atoms with van der Waals surface area (Å²) in [6, 6.07) is 15.8. The molecule has 2 aromatic carbocycles. The van der Waals surface area contributed by atoms with Gasteiger partial charge in [0.25, 0.3) is 0 Å². The number of hydrogen-bond donors (Lipinski definition) is 0. The Hall–Kier alpha value is -4.14. The van der Waals surface area contributed by atoms with Crippen LogP contribution in [-0.2, 0) is 22.4 Å². The number of aryl methyl sites for hydroxylation is 1. The van der Waals surface area contributed by atoms with Gasteiger partial charge in [-0.15, -0.1) is 0 Å². The Morgan fingerprint density at radius 2 is 1.90 bits per heavy atom. The summed E-state index contributed by atoms with van der Waals surface area (Å²) in [7, 11) is 0. The van der Waals surface area contributed by atoms with Crippen molar-refractivity contribution in [1.29, 1.82) is 5.26 Å². The molecule has 11 heteroatoms. The summed E-state index contributed by atoms with van der Waals surface area (Å²) in [5.74, 6) is 0.844. The molecular formula is C38H51N7O4. The third-order valence-corrected chi connectivity index (χ3v) is 9.64. The normalized spacial score (nSPS) is 21.7. The number of hydrogen-bond acceptors (Lipinski definition) is 10. The summed E-state index contributed by atoms with van der Waals surface area (Å²) in [5, 5.41) is 12.2. The molecule has 3 aliphatic rings. The number of aromatic nitrogens is 2. The van der Waals surface area contributed by atoms with Gasteiger partial charge in [0.1, 0.15) is 11.4 Å². The lowest BCUT2D eigenvalue weighted by atomic mass is 10.00. The van der Waals surface area contributed by atoms with E-state index in [0.29, 0.717) is 44.8 Å². The van der Waals surface area contributed by atoms with Crippen molar-refractivity contribution in [2.75, 3.05) is 62.3 Å². The van der Waals surface area contributed by atoms with Crippen LogP contribution in [0.1, 0.15) is 64.3 Å². The summed E-state index contributed by atoms with van der Waals surface area (Å²) < 4.78 is 17.8. The fourth-order valence-corrected chi connectivity index (χ4v) is 7.22. The van der Waals surface area contributed by atoms with Gasteiger partial charge in [0.2, 0.25) is 0 Å². The van der Waals surface area contributed by atoms with E-state index in [1.54, 1.807) is 4.90 Å². The number of amides is 1. The van der Waals surface area contributed by atoms with Crippen molar-refractivity contribution in [3.05, 3.63) is 53.2 Å². The minimum absolute atomic E-state index is 0.208. The number of carbonyl (C=O) groups is 1. The van der Waals surface area contributed by atoms with Crippen LogP contribution >= 0.6 is 0 Å². The van der Waals surface area contributed by atoms with Crippen LogP contribution in [0.3, 0.4) is 0 Å². The molecule has 3 atom stereocenters. The number of fused-ring (bicyclic) bond motifs is 2. The van der Waals surface area contributed by atoms with Crippen molar-refractivity contribution < 1.29 is 19.0 Å². The van der Waals surface area contributed by atoms with Gasteiger partial charge in [0.05, 0.1) is 50.1 Å². The van der Waals surface area contributed by atoms with Crippen molar-refractivity contribution in [2.45, 2.75) is 91.1 Å². The van der Waals surface area contributed by atoms with Gasteiger partial charge in [-0.1, -0.05) is 30.3 Å². The first kappa shape index (κ1) is 34.7. The lowest BCUT2D eigenvalue weighted by Crippen LogP contribution is -2.56. The standard InChI is InChI=1S/C38H51N7O4/c1-26-20-29-10-7-8-11-31(29)34(21-26)43-16-13-32-33(24-43)40-36(47-19-9-15-42-22-28(3)48-25-27(42)2)41-35(32)44-17-18-45(30(23-44)12-14-39)37(46)49-38(4,5)6/h7-8,10-11,20-21,27-28,30H,9,12-13,15-19,22-25H2,1-6H3/t27-,28-,30?/m0/s1. The molecule has 2 saturated heterocycles. The Kier molecular flexibility index (Phi) is 10.5. The lowest BCUT2D eigenvalue weighted by Gasteiger charge is -2.42. The van der Waals surface area contributed by atoms with Crippen LogP contribution in [0.4, 0.5) is 16.3 Å². The molecule has 2 fully saturated rings. The molecule has 1 unspecified atom stereocenters. The summed E-state index contributed by atoms with van der Waals surface area (Å²) in [6.07, 6.45) is 1.69. The van der Waals surface area contributed by atoms with Crippen LogP contribution < -0.4 is 14.5 Å². The SMILES string of the molecule is Cc1cc(N2CCc3c(nc(OCCCN4C[C@H](C)OC[C@@H]4C)nc3N3CCN(C(=O)OC(C)(C)C)C(CC#N)C3)C2)c2ccccc2c1. The second-order valence-electron chi connectivity index (χ2n) is 14.8. The lowest BCUT2D eigenvalue weighted by molar-refractivity contribution is -0.0503. The van der Waals surface area contributed by atoms with Crippen LogP contribution in [0.5, 0.6) is 6.01 Å². The fraction of sp³-hybridized carbons (Fsp3) is 0.579. The minimum atomic E-state index is -0.615. The number of rotatable bonds is 8. The first-order valence-corrected chi connectivity index (χ1v) is 17.7. The van der Waals surface area contributed by atoms with Gasteiger partial charge >= 0.3 is 12.1 Å². The molecule has 0 aliphatic carbocycles. The quantitative estimate of drug-likeness (QED) is 0.277. The summed E-state index contributed by atoms with van der Waals surface area (Å²) in [5.41, 5.74) is 3.88. The van der Waals surface area contributed by atoms with Gasteiger partial charge in [-0.25, -0.2) is 4.79 Å². The molecule has 262 valence electrons. The maximum absolute atomic E-state index is 13.1. The zero-order chi connectivity index (χ0) is 34.7. The van der Waals surface area contributed by atoms with E-state index >= 15 is 0 Å². The zero-order valence-electron chi connectivity index (χ0n) is 29.9. The van der Waals surface area contributed by atoms with E-state index in [2.05, 4.69) is 77.9 Å². The van der Waals surface area contributed by atoms with E-state index in [4.69, 9.17) is 24.2 Å². The maximum atomic E-state index is 13.1. The van der Waals surface area contributed by atoms with Gasteiger partial charge in [0.15, 0.2) is 0 Å². The molecule has 0 radical (unpaired) electrons. The van der Waals surface area contributed by atoms with E-state index in [0.717, 1.165) is 56.2 Å². The van der Waals surface area contributed by atoms with Gasteiger partial charge in [-0.3, -0.25) is 4.90 Å². The first-order valence-electron chi connectivity index (χ1n) is 17.7. The Bertz CT molecular complexity index is 1690. The van der Waals surface area contributed by atoms with Gasteiger partial charge in [-0.05, 0) is 71.4 Å². The summed E-state index contributed by atoms with van der Waals surface area (Å²) in [4.78, 5) is 32.0. The Labute approximate surface area is 290 Å². The molecule has 4 heterocycles. The largest absolute Gasteiger partial charge is 0.463 e. The molecule has 6 rings (SSSR count). The smallest absolute Gasteiger partial charge is 0.410 e. The second kappa shape index (κ2) is 14.8. The van der Waals surface area contributed by atoms with E-state index in [1.807, 2.05) is 20.8 Å². The summed E-state index contributed by atoms with van der Waals surface area (Å²) >= 11 is 0. The van der Waals surface area contributed by atoms with Crippen LogP contribution in [-0.4, -0.2) is 102 Å². The first-order chi connectivity index (χ1) is 23.5. The number of nitrogens with zero attached hydrogens (tertiary/aromatic N) is 7. The third kappa shape index (κ3) is 8.19. The third-order valence-electron chi connectivity index (χ3n) is 9.64. The van der Waals surface area contributed by atoms with Crippen LogP contribution in [0, 0.1) is 18.3 Å². The number of morpholine rings is 1.